The predicted octanol–water partition coefficient (Wildman–Crippen LogP) is 2.56. The SMILES string of the molecule is CC(C)CCN1CCC[C@@]2(CC(C(=O)NC3CC(F)(F)C3)=NO2)C1. The Morgan fingerprint density at radius 3 is 2.88 bits per heavy atom. The number of rotatable bonds is 5. The Balaban J connectivity index is 1.49. The maximum absolute atomic E-state index is 12.9. The van der Waals surface area contributed by atoms with Crippen LogP contribution in [0.25, 0.3) is 0 Å². The van der Waals surface area contributed by atoms with Gasteiger partial charge in [0, 0.05) is 31.8 Å². The number of halogens is 2. The Hall–Kier alpha value is -1.24. The van der Waals surface area contributed by atoms with Gasteiger partial charge in [-0.3, -0.25) is 9.69 Å². The molecular weight excluding hydrogens is 316 g/mol. The molecule has 7 heteroatoms. The van der Waals surface area contributed by atoms with Gasteiger partial charge in [-0.05, 0) is 38.3 Å². The standard InChI is InChI=1S/C17H27F2N3O2/c1-12(2)4-7-22-6-3-5-16(11-22)10-14(21-24-16)15(23)20-13-8-17(18,19)9-13/h12-13H,3-11H2,1-2H3,(H,20,23)/t16-/m1/s1. The van der Waals surface area contributed by atoms with E-state index in [1.54, 1.807) is 0 Å². The number of alkyl halides is 2. The molecule has 2 heterocycles. The monoisotopic (exact) mass is 343 g/mol. The zero-order chi connectivity index (χ0) is 17.4. The molecule has 0 aromatic carbocycles. The number of oxime groups is 1. The molecule has 1 aliphatic carbocycles. The molecule has 1 N–H and O–H groups in total. The molecule has 2 aliphatic heterocycles. The molecule has 1 spiro atoms. The van der Waals surface area contributed by atoms with E-state index in [4.69, 9.17) is 4.84 Å². The molecule has 1 amide bonds. The third kappa shape index (κ3) is 4.05. The lowest BCUT2D eigenvalue weighted by Crippen LogP contribution is -2.53. The van der Waals surface area contributed by atoms with Gasteiger partial charge in [-0.1, -0.05) is 19.0 Å². The van der Waals surface area contributed by atoms with E-state index in [1.807, 2.05) is 0 Å². The van der Waals surface area contributed by atoms with Gasteiger partial charge in [-0.2, -0.15) is 0 Å². The van der Waals surface area contributed by atoms with Crippen molar-refractivity contribution < 1.29 is 18.4 Å². The summed E-state index contributed by atoms with van der Waals surface area (Å²) in [6.45, 7) is 7.28. The van der Waals surface area contributed by atoms with Gasteiger partial charge in [0.2, 0.25) is 0 Å². The van der Waals surface area contributed by atoms with E-state index in [-0.39, 0.29) is 18.7 Å². The average molecular weight is 343 g/mol. The third-order valence-electron chi connectivity index (χ3n) is 5.17. The van der Waals surface area contributed by atoms with E-state index in [2.05, 4.69) is 29.2 Å². The van der Waals surface area contributed by atoms with E-state index in [0.29, 0.717) is 18.1 Å². The van der Waals surface area contributed by atoms with Crippen LogP contribution in [0.4, 0.5) is 8.78 Å². The summed E-state index contributed by atoms with van der Waals surface area (Å²) in [6, 6.07) is -0.444. The van der Waals surface area contributed by atoms with Gasteiger partial charge in [0.1, 0.15) is 5.71 Å². The minimum Gasteiger partial charge on any atom is -0.387 e. The molecule has 1 atom stereocenters. The quantitative estimate of drug-likeness (QED) is 0.835. The second kappa shape index (κ2) is 6.58. The highest BCUT2D eigenvalue weighted by atomic mass is 19.3. The van der Waals surface area contributed by atoms with Gasteiger partial charge in [-0.15, -0.1) is 0 Å². The van der Waals surface area contributed by atoms with Gasteiger partial charge >= 0.3 is 0 Å². The summed E-state index contributed by atoms with van der Waals surface area (Å²) in [7, 11) is 0. The van der Waals surface area contributed by atoms with Crippen molar-refractivity contribution in [1.82, 2.24) is 10.2 Å². The number of nitrogens with zero attached hydrogens (tertiary/aromatic N) is 2. The highest BCUT2D eigenvalue weighted by molar-refractivity contribution is 6.39. The number of nitrogens with one attached hydrogen (secondary N) is 1. The summed E-state index contributed by atoms with van der Waals surface area (Å²) in [5.41, 5.74) is -0.0678. The number of piperidine rings is 1. The molecule has 0 aromatic rings. The second-order valence-corrected chi connectivity index (χ2v) is 7.99. The zero-order valence-electron chi connectivity index (χ0n) is 14.5. The normalized spacial score (nSPS) is 30.1. The molecule has 0 radical (unpaired) electrons. The Kier molecular flexibility index (Phi) is 4.82. The predicted molar refractivity (Wildman–Crippen MR) is 87.1 cm³/mol. The lowest BCUT2D eigenvalue weighted by molar-refractivity contribution is -0.123. The van der Waals surface area contributed by atoms with Crippen LogP contribution in [0.5, 0.6) is 0 Å². The topological polar surface area (TPSA) is 53.9 Å². The van der Waals surface area contributed by atoms with Crippen molar-refractivity contribution in [3.8, 4) is 0 Å². The molecule has 24 heavy (non-hydrogen) atoms. The van der Waals surface area contributed by atoms with Crippen molar-refractivity contribution in [3.63, 3.8) is 0 Å². The molecule has 3 aliphatic rings. The Morgan fingerprint density at radius 1 is 1.46 bits per heavy atom. The van der Waals surface area contributed by atoms with Crippen molar-refractivity contribution in [1.29, 1.82) is 0 Å². The molecular formula is C17H27F2N3O2. The summed E-state index contributed by atoms with van der Waals surface area (Å²) in [5, 5.41) is 6.62. The van der Waals surface area contributed by atoms with Crippen LogP contribution in [0.3, 0.4) is 0 Å². The highest BCUT2D eigenvalue weighted by Gasteiger charge is 2.48. The summed E-state index contributed by atoms with van der Waals surface area (Å²) in [4.78, 5) is 20.2. The van der Waals surface area contributed by atoms with Crippen molar-refractivity contribution >= 4 is 11.6 Å². The highest BCUT2D eigenvalue weighted by Crippen LogP contribution is 2.38. The lowest BCUT2D eigenvalue weighted by atomic mass is 9.86. The minimum atomic E-state index is -2.63. The fraction of sp³-hybridized carbons (Fsp3) is 0.882. The Morgan fingerprint density at radius 2 is 2.21 bits per heavy atom. The fourth-order valence-corrected chi connectivity index (χ4v) is 3.72. The summed E-state index contributed by atoms with van der Waals surface area (Å²) in [5.74, 6) is -2.33. The number of carbonyl (C=O) groups is 1. The first-order valence-corrected chi connectivity index (χ1v) is 8.93. The summed E-state index contributed by atoms with van der Waals surface area (Å²) < 4.78 is 25.7. The number of likely N-dealkylation sites (tertiary alicyclic amines) is 1. The molecule has 0 bridgehead atoms. The van der Waals surface area contributed by atoms with Crippen LogP contribution in [0.15, 0.2) is 5.16 Å². The van der Waals surface area contributed by atoms with Gasteiger partial charge in [0.05, 0.1) is 0 Å². The molecule has 2 fully saturated rings. The van der Waals surface area contributed by atoms with Crippen molar-refractivity contribution in [2.24, 2.45) is 11.1 Å². The number of hydrogen-bond acceptors (Lipinski definition) is 4. The first-order valence-electron chi connectivity index (χ1n) is 8.93. The number of carbonyl (C=O) groups excluding carboxylic acids is 1. The van der Waals surface area contributed by atoms with E-state index in [0.717, 1.165) is 38.9 Å². The van der Waals surface area contributed by atoms with Crippen LogP contribution in [-0.2, 0) is 9.63 Å². The van der Waals surface area contributed by atoms with Crippen LogP contribution in [0, 0.1) is 5.92 Å². The molecule has 3 rings (SSSR count). The van der Waals surface area contributed by atoms with Gasteiger partial charge in [-0.25, -0.2) is 8.78 Å². The Bertz CT molecular complexity index is 516. The van der Waals surface area contributed by atoms with Crippen LogP contribution in [0.1, 0.15) is 52.4 Å². The second-order valence-electron chi connectivity index (χ2n) is 7.99. The van der Waals surface area contributed by atoms with Gasteiger partial charge in [0.15, 0.2) is 5.60 Å². The molecule has 0 aromatic heterocycles. The number of amides is 1. The fourth-order valence-electron chi connectivity index (χ4n) is 3.72. The third-order valence-corrected chi connectivity index (χ3v) is 5.17. The summed E-state index contributed by atoms with van der Waals surface area (Å²) >= 11 is 0. The molecule has 1 saturated heterocycles. The van der Waals surface area contributed by atoms with E-state index >= 15 is 0 Å². The Labute approximate surface area is 141 Å². The average Bonchev–Trinajstić information content (AvgIpc) is 2.87. The van der Waals surface area contributed by atoms with Crippen molar-refractivity contribution in [2.75, 3.05) is 19.6 Å². The summed E-state index contributed by atoms with van der Waals surface area (Å²) in [6.07, 6.45) is 2.96. The molecule has 0 unspecified atom stereocenters. The van der Waals surface area contributed by atoms with E-state index in [9.17, 15) is 13.6 Å². The van der Waals surface area contributed by atoms with Crippen LogP contribution in [0.2, 0.25) is 0 Å². The lowest BCUT2D eigenvalue weighted by Gasteiger charge is -2.38. The maximum Gasteiger partial charge on any atom is 0.269 e. The zero-order valence-corrected chi connectivity index (χ0v) is 14.5. The van der Waals surface area contributed by atoms with Crippen molar-refractivity contribution in [3.05, 3.63) is 0 Å². The first kappa shape index (κ1) is 17.6. The molecule has 136 valence electrons. The van der Waals surface area contributed by atoms with Crippen molar-refractivity contribution in [2.45, 2.75) is 69.9 Å². The van der Waals surface area contributed by atoms with E-state index < -0.39 is 17.6 Å². The van der Waals surface area contributed by atoms with Crippen LogP contribution >= 0.6 is 0 Å². The largest absolute Gasteiger partial charge is 0.387 e. The van der Waals surface area contributed by atoms with Crippen LogP contribution in [-0.4, -0.2) is 53.7 Å². The first-order chi connectivity index (χ1) is 11.3. The van der Waals surface area contributed by atoms with Crippen LogP contribution < -0.4 is 5.32 Å². The smallest absolute Gasteiger partial charge is 0.269 e. The van der Waals surface area contributed by atoms with E-state index in [1.165, 1.54) is 0 Å². The minimum absolute atomic E-state index is 0.277. The van der Waals surface area contributed by atoms with Gasteiger partial charge in [0.25, 0.3) is 11.8 Å². The maximum atomic E-state index is 12.9. The molecule has 1 saturated carbocycles. The molecule has 5 nitrogen and oxygen atoms in total. The van der Waals surface area contributed by atoms with Gasteiger partial charge < -0.3 is 10.2 Å². The number of hydrogen-bond donors (Lipinski definition) is 1.